The van der Waals surface area contributed by atoms with E-state index >= 15 is 0 Å². The summed E-state index contributed by atoms with van der Waals surface area (Å²) >= 11 is 0. The second kappa shape index (κ2) is 5.62. The van der Waals surface area contributed by atoms with Crippen LogP contribution in [0.15, 0.2) is 0 Å². The highest BCUT2D eigenvalue weighted by Crippen LogP contribution is 2.32. The number of nitrogens with one attached hydrogen (secondary N) is 1. The van der Waals surface area contributed by atoms with Crippen LogP contribution < -0.4 is 5.32 Å². The van der Waals surface area contributed by atoms with Gasteiger partial charge >= 0.3 is 6.09 Å². The average molecular weight is 282 g/mol. The molecule has 0 heterocycles. The number of hydrogen-bond donors (Lipinski definition) is 2. The van der Waals surface area contributed by atoms with Crippen LogP contribution in [0.2, 0.25) is 0 Å². The van der Waals surface area contributed by atoms with Gasteiger partial charge < -0.3 is 15.3 Å². The van der Waals surface area contributed by atoms with Crippen molar-refractivity contribution in [1.82, 2.24) is 10.2 Å². The third-order valence-corrected chi connectivity index (χ3v) is 4.29. The normalized spacial score (nSPS) is 26.9. The predicted molar refractivity (Wildman–Crippen MR) is 76.5 cm³/mol. The lowest BCUT2D eigenvalue weighted by Gasteiger charge is -2.42. The molecule has 0 bridgehead atoms. The van der Waals surface area contributed by atoms with Crippen LogP contribution in [0.5, 0.6) is 0 Å². The molecule has 114 valence electrons. The smallest absolute Gasteiger partial charge is 0.407 e. The molecule has 0 saturated heterocycles. The van der Waals surface area contributed by atoms with Gasteiger partial charge in [0.1, 0.15) is 0 Å². The molecule has 0 aromatic carbocycles. The van der Waals surface area contributed by atoms with Crippen LogP contribution >= 0.6 is 0 Å². The number of carboxylic acid groups (broad SMARTS) is 1. The van der Waals surface area contributed by atoms with Gasteiger partial charge in [0.05, 0.1) is 0 Å². The van der Waals surface area contributed by atoms with Crippen LogP contribution in [0.25, 0.3) is 0 Å². The fraction of sp³-hybridized carbons (Fsp3) is 0.867. The van der Waals surface area contributed by atoms with Gasteiger partial charge in [-0.25, -0.2) is 4.79 Å². The highest BCUT2D eigenvalue weighted by molar-refractivity contribution is 5.79. The van der Waals surface area contributed by atoms with E-state index in [1.807, 2.05) is 20.8 Å². The lowest BCUT2D eigenvalue weighted by molar-refractivity contribution is -0.126. The maximum absolute atomic E-state index is 12.0. The van der Waals surface area contributed by atoms with Crippen LogP contribution in [-0.2, 0) is 4.79 Å². The van der Waals surface area contributed by atoms with E-state index in [0.717, 1.165) is 38.5 Å². The summed E-state index contributed by atoms with van der Waals surface area (Å²) in [7, 11) is 0. The van der Waals surface area contributed by atoms with Crippen LogP contribution in [-0.4, -0.2) is 39.6 Å². The zero-order valence-electron chi connectivity index (χ0n) is 12.7. The molecule has 5 nitrogen and oxygen atoms in total. The number of carbonyl (C=O) groups excluding carboxylic acids is 1. The Hall–Kier alpha value is -1.26. The summed E-state index contributed by atoms with van der Waals surface area (Å²) in [6.45, 7) is 5.77. The van der Waals surface area contributed by atoms with Gasteiger partial charge in [-0.2, -0.15) is 0 Å². The largest absolute Gasteiger partial charge is 0.465 e. The molecule has 0 spiro atoms. The van der Waals surface area contributed by atoms with Gasteiger partial charge in [-0.1, -0.05) is 0 Å². The SMILES string of the molecule is CC(C)(C)N(C(=O)O)[C@H]1CC[C@H](C(=O)NC2CC2)CC1. The molecule has 0 unspecified atom stereocenters. The summed E-state index contributed by atoms with van der Waals surface area (Å²) in [4.78, 5) is 25.0. The van der Waals surface area contributed by atoms with Crippen LogP contribution in [0, 0.1) is 5.92 Å². The molecule has 0 aromatic rings. The van der Waals surface area contributed by atoms with Crippen LogP contribution in [0.1, 0.15) is 59.3 Å². The van der Waals surface area contributed by atoms with E-state index in [-0.39, 0.29) is 23.4 Å². The molecule has 0 radical (unpaired) electrons. The Morgan fingerprint density at radius 1 is 1.05 bits per heavy atom. The lowest BCUT2D eigenvalue weighted by Crippen LogP contribution is -2.52. The molecule has 2 N–H and O–H groups in total. The molecule has 0 atom stereocenters. The van der Waals surface area contributed by atoms with Crippen molar-refractivity contribution in [3.63, 3.8) is 0 Å². The Morgan fingerprint density at radius 3 is 2.00 bits per heavy atom. The summed E-state index contributed by atoms with van der Waals surface area (Å²) in [6, 6.07) is 0.447. The zero-order chi connectivity index (χ0) is 14.9. The van der Waals surface area contributed by atoms with Crippen molar-refractivity contribution < 1.29 is 14.7 Å². The summed E-state index contributed by atoms with van der Waals surface area (Å²) in [5.41, 5.74) is -0.389. The van der Waals surface area contributed by atoms with Crippen molar-refractivity contribution in [3.05, 3.63) is 0 Å². The molecule has 2 fully saturated rings. The Morgan fingerprint density at radius 2 is 1.60 bits per heavy atom. The Balaban J connectivity index is 1.88. The van der Waals surface area contributed by atoms with Crippen LogP contribution in [0.4, 0.5) is 4.79 Å². The molecule has 20 heavy (non-hydrogen) atoms. The van der Waals surface area contributed by atoms with E-state index in [0.29, 0.717) is 6.04 Å². The maximum Gasteiger partial charge on any atom is 0.407 e. The third-order valence-electron chi connectivity index (χ3n) is 4.29. The summed E-state index contributed by atoms with van der Waals surface area (Å²) in [6.07, 6.45) is 4.52. The Kier molecular flexibility index (Phi) is 4.25. The second-order valence-corrected chi connectivity index (χ2v) is 7.11. The topological polar surface area (TPSA) is 69.6 Å². The van der Waals surface area contributed by atoms with Gasteiger partial charge in [-0.15, -0.1) is 0 Å². The molecule has 5 heteroatoms. The zero-order valence-corrected chi connectivity index (χ0v) is 12.7. The molecule has 2 rings (SSSR count). The number of nitrogens with zero attached hydrogens (tertiary/aromatic N) is 1. The first-order valence-corrected chi connectivity index (χ1v) is 7.61. The minimum atomic E-state index is -0.858. The van der Waals surface area contributed by atoms with E-state index in [1.54, 1.807) is 4.90 Å². The standard InChI is InChI=1S/C15H26N2O3/c1-15(2,3)17(14(19)20)12-8-4-10(5-9-12)13(18)16-11-6-7-11/h10-12H,4-9H2,1-3H3,(H,16,18)(H,19,20)/t10-,12-. The molecule has 2 aliphatic rings. The molecular weight excluding hydrogens is 256 g/mol. The first-order valence-electron chi connectivity index (χ1n) is 7.61. The van der Waals surface area contributed by atoms with E-state index in [4.69, 9.17) is 0 Å². The molecule has 0 aliphatic heterocycles. The monoisotopic (exact) mass is 282 g/mol. The van der Waals surface area contributed by atoms with Gasteiger partial charge in [0.25, 0.3) is 0 Å². The fourth-order valence-corrected chi connectivity index (χ4v) is 3.13. The molecule has 2 aliphatic carbocycles. The van der Waals surface area contributed by atoms with Crippen molar-refractivity contribution in [2.45, 2.75) is 76.9 Å². The van der Waals surface area contributed by atoms with Crippen molar-refractivity contribution in [2.75, 3.05) is 0 Å². The highest BCUT2D eigenvalue weighted by Gasteiger charge is 2.37. The maximum atomic E-state index is 12.0. The molecule has 2 amide bonds. The Bertz CT molecular complexity index is 377. The molecule has 0 aromatic heterocycles. The molecule has 2 saturated carbocycles. The van der Waals surface area contributed by atoms with Gasteiger partial charge in [-0.05, 0) is 59.3 Å². The van der Waals surface area contributed by atoms with E-state index in [2.05, 4.69) is 5.32 Å². The van der Waals surface area contributed by atoms with E-state index in [1.165, 1.54) is 0 Å². The lowest BCUT2D eigenvalue weighted by atomic mass is 9.83. The van der Waals surface area contributed by atoms with Crippen LogP contribution in [0.3, 0.4) is 0 Å². The fourth-order valence-electron chi connectivity index (χ4n) is 3.13. The number of hydrogen-bond acceptors (Lipinski definition) is 2. The first kappa shape index (κ1) is 15.1. The summed E-state index contributed by atoms with van der Waals surface area (Å²) in [5, 5.41) is 12.5. The van der Waals surface area contributed by atoms with Crippen molar-refractivity contribution in [3.8, 4) is 0 Å². The summed E-state index contributed by atoms with van der Waals surface area (Å²) in [5.74, 6) is 0.242. The van der Waals surface area contributed by atoms with Gasteiger partial charge in [0.15, 0.2) is 0 Å². The summed E-state index contributed by atoms with van der Waals surface area (Å²) < 4.78 is 0. The highest BCUT2D eigenvalue weighted by atomic mass is 16.4. The second-order valence-electron chi connectivity index (χ2n) is 7.11. The van der Waals surface area contributed by atoms with Gasteiger partial charge in [0, 0.05) is 23.5 Å². The van der Waals surface area contributed by atoms with Crippen molar-refractivity contribution in [1.29, 1.82) is 0 Å². The number of rotatable bonds is 3. The van der Waals surface area contributed by atoms with Gasteiger partial charge in [0.2, 0.25) is 5.91 Å². The van der Waals surface area contributed by atoms with E-state index < -0.39 is 6.09 Å². The predicted octanol–water partition coefficient (Wildman–Crippen LogP) is 2.60. The molecular formula is C15H26N2O3. The first-order chi connectivity index (χ1) is 9.29. The average Bonchev–Trinajstić information content (AvgIpc) is 3.11. The number of carbonyl (C=O) groups is 2. The van der Waals surface area contributed by atoms with E-state index in [9.17, 15) is 14.7 Å². The quantitative estimate of drug-likeness (QED) is 0.836. The van der Waals surface area contributed by atoms with Crippen molar-refractivity contribution in [2.24, 2.45) is 5.92 Å². The Labute approximate surface area is 120 Å². The third kappa shape index (κ3) is 3.64. The minimum Gasteiger partial charge on any atom is -0.465 e. The van der Waals surface area contributed by atoms with Crippen molar-refractivity contribution >= 4 is 12.0 Å². The minimum absolute atomic E-state index is 0.0393. The van der Waals surface area contributed by atoms with Gasteiger partial charge in [-0.3, -0.25) is 4.79 Å². The number of amides is 2.